The molecule has 0 aliphatic heterocycles. The number of carbonyl (C=O) groups excluding carboxylic acids is 1. The summed E-state index contributed by atoms with van der Waals surface area (Å²) in [4.78, 5) is 12.3. The zero-order valence-corrected chi connectivity index (χ0v) is 16.6. The first kappa shape index (κ1) is 20.5. The summed E-state index contributed by atoms with van der Waals surface area (Å²) >= 11 is 6.08. The molecule has 0 heterocycles. The number of halogens is 1. The zero-order chi connectivity index (χ0) is 20.0. The average Bonchev–Trinajstić information content (AvgIpc) is 2.67. The molecule has 0 fully saturated rings. The van der Waals surface area contributed by atoms with Crippen molar-refractivity contribution in [3.8, 4) is 23.0 Å². The highest BCUT2D eigenvalue weighted by Crippen LogP contribution is 2.38. The van der Waals surface area contributed by atoms with Crippen LogP contribution in [0.25, 0.3) is 6.08 Å². The quantitative estimate of drug-likeness (QED) is 0.711. The Labute approximate surface area is 163 Å². The summed E-state index contributed by atoms with van der Waals surface area (Å²) in [6.45, 7) is 1.85. The summed E-state index contributed by atoms with van der Waals surface area (Å²) in [5, 5.41) is 3.35. The van der Waals surface area contributed by atoms with Crippen LogP contribution < -0.4 is 24.3 Å². The Kier molecular flexibility index (Phi) is 6.96. The van der Waals surface area contributed by atoms with Crippen LogP contribution in [-0.2, 0) is 4.79 Å². The molecule has 2 aromatic rings. The minimum absolute atomic E-state index is 0.316. The van der Waals surface area contributed by atoms with E-state index in [1.807, 2.05) is 6.92 Å². The third-order valence-corrected chi connectivity index (χ3v) is 4.26. The summed E-state index contributed by atoms with van der Waals surface area (Å²) in [5.41, 5.74) is 2.10. The minimum Gasteiger partial charge on any atom is -0.495 e. The topological polar surface area (TPSA) is 66.0 Å². The summed E-state index contributed by atoms with van der Waals surface area (Å²) in [6, 6.07) is 6.91. The van der Waals surface area contributed by atoms with Gasteiger partial charge in [0.2, 0.25) is 11.7 Å². The highest BCUT2D eigenvalue weighted by molar-refractivity contribution is 6.31. The second-order valence-corrected chi connectivity index (χ2v) is 5.99. The molecule has 0 saturated carbocycles. The number of amides is 1. The molecule has 0 aliphatic rings. The van der Waals surface area contributed by atoms with Crippen molar-refractivity contribution in [2.75, 3.05) is 33.8 Å². The van der Waals surface area contributed by atoms with Crippen LogP contribution in [0, 0.1) is 6.92 Å². The number of anilines is 1. The lowest BCUT2D eigenvalue weighted by molar-refractivity contribution is -0.111. The number of aryl methyl sites for hydroxylation is 1. The van der Waals surface area contributed by atoms with Crippen molar-refractivity contribution in [2.45, 2.75) is 6.92 Å². The molecule has 0 unspecified atom stereocenters. The first-order chi connectivity index (χ1) is 12.9. The van der Waals surface area contributed by atoms with Crippen molar-refractivity contribution >= 4 is 29.3 Å². The number of carbonyl (C=O) groups is 1. The molecule has 27 heavy (non-hydrogen) atoms. The third-order valence-electron chi connectivity index (χ3n) is 3.85. The van der Waals surface area contributed by atoms with E-state index >= 15 is 0 Å². The van der Waals surface area contributed by atoms with E-state index in [0.717, 1.165) is 11.1 Å². The van der Waals surface area contributed by atoms with Crippen molar-refractivity contribution in [3.05, 3.63) is 46.5 Å². The summed E-state index contributed by atoms with van der Waals surface area (Å²) in [7, 11) is 6.12. The Bertz CT molecular complexity index is 839. The first-order valence-electron chi connectivity index (χ1n) is 8.06. The lowest BCUT2D eigenvalue weighted by Gasteiger charge is -2.13. The summed E-state index contributed by atoms with van der Waals surface area (Å²) in [5.74, 6) is 1.67. The Morgan fingerprint density at radius 3 is 2.04 bits per heavy atom. The number of rotatable bonds is 7. The zero-order valence-electron chi connectivity index (χ0n) is 15.9. The standard InChI is InChI=1S/C20H22ClNO5/c1-12-8-15(16(24-2)11-14(12)21)22-19(23)7-6-13-9-17(25-3)20(27-5)18(10-13)26-4/h6-11H,1-5H3,(H,22,23)/b7-6+. The number of methoxy groups -OCH3 is 4. The van der Waals surface area contributed by atoms with Crippen LogP contribution in [0.15, 0.2) is 30.3 Å². The summed E-state index contributed by atoms with van der Waals surface area (Å²) in [6.07, 6.45) is 3.05. The van der Waals surface area contributed by atoms with Gasteiger partial charge in [-0.05, 0) is 42.3 Å². The van der Waals surface area contributed by atoms with Gasteiger partial charge in [-0.1, -0.05) is 11.6 Å². The molecule has 0 aliphatic carbocycles. The fourth-order valence-corrected chi connectivity index (χ4v) is 2.63. The van der Waals surface area contributed by atoms with Gasteiger partial charge in [-0.3, -0.25) is 4.79 Å². The molecule has 0 spiro atoms. The molecule has 6 nitrogen and oxygen atoms in total. The SMILES string of the molecule is COc1cc(Cl)c(C)cc1NC(=O)/C=C/c1cc(OC)c(OC)c(OC)c1. The highest BCUT2D eigenvalue weighted by Gasteiger charge is 2.13. The van der Waals surface area contributed by atoms with Gasteiger partial charge in [0.1, 0.15) is 5.75 Å². The average molecular weight is 392 g/mol. The molecule has 7 heteroatoms. The van der Waals surface area contributed by atoms with Crippen LogP contribution in [0.5, 0.6) is 23.0 Å². The monoisotopic (exact) mass is 391 g/mol. The molecule has 1 N–H and O–H groups in total. The van der Waals surface area contributed by atoms with Gasteiger partial charge in [0.15, 0.2) is 11.5 Å². The van der Waals surface area contributed by atoms with E-state index in [4.69, 9.17) is 30.5 Å². The number of hydrogen-bond donors (Lipinski definition) is 1. The number of nitrogens with one attached hydrogen (secondary N) is 1. The van der Waals surface area contributed by atoms with E-state index in [2.05, 4.69) is 5.32 Å². The molecule has 0 atom stereocenters. The Hall–Kier alpha value is -2.86. The van der Waals surface area contributed by atoms with E-state index in [9.17, 15) is 4.79 Å². The molecule has 0 aromatic heterocycles. The molecule has 0 saturated heterocycles. The maximum absolute atomic E-state index is 12.3. The maximum Gasteiger partial charge on any atom is 0.248 e. The van der Waals surface area contributed by atoms with Crippen molar-refractivity contribution in [2.24, 2.45) is 0 Å². The molecular weight excluding hydrogens is 370 g/mol. The molecule has 0 bridgehead atoms. The van der Waals surface area contributed by atoms with Crippen LogP contribution >= 0.6 is 11.6 Å². The fraction of sp³-hybridized carbons (Fsp3) is 0.250. The summed E-state index contributed by atoms with van der Waals surface area (Å²) < 4.78 is 21.2. The lowest BCUT2D eigenvalue weighted by atomic mass is 10.1. The van der Waals surface area contributed by atoms with Crippen molar-refractivity contribution in [1.82, 2.24) is 0 Å². The van der Waals surface area contributed by atoms with Crippen LogP contribution in [0.4, 0.5) is 5.69 Å². The molecular formula is C20H22ClNO5. The van der Waals surface area contributed by atoms with Crippen LogP contribution in [0.3, 0.4) is 0 Å². The normalized spacial score (nSPS) is 10.6. The van der Waals surface area contributed by atoms with E-state index in [0.29, 0.717) is 33.7 Å². The van der Waals surface area contributed by atoms with Gasteiger partial charge in [-0.25, -0.2) is 0 Å². The highest BCUT2D eigenvalue weighted by atomic mass is 35.5. The van der Waals surface area contributed by atoms with E-state index in [1.54, 1.807) is 30.3 Å². The molecule has 2 rings (SSSR count). The lowest BCUT2D eigenvalue weighted by Crippen LogP contribution is -2.09. The Balaban J connectivity index is 2.24. The number of benzene rings is 2. The second kappa shape index (κ2) is 9.19. The molecule has 2 aromatic carbocycles. The second-order valence-electron chi connectivity index (χ2n) is 5.58. The predicted octanol–water partition coefficient (Wildman–Crippen LogP) is 4.33. The fourth-order valence-electron chi connectivity index (χ4n) is 2.47. The number of hydrogen-bond acceptors (Lipinski definition) is 5. The van der Waals surface area contributed by atoms with Crippen molar-refractivity contribution in [3.63, 3.8) is 0 Å². The third kappa shape index (κ3) is 4.86. The van der Waals surface area contributed by atoms with Gasteiger partial charge in [-0.2, -0.15) is 0 Å². The van der Waals surface area contributed by atoms with Crippen LogP contribution in [0.1, 0.15) is 11.1 Å². The van der Waals surface area contributed by atoms with Crippen molar-refractivity contribution < 1.29 is 23.7 Å². The Morgan fingerprint density at radius 1 is 0.926 bits per heavy atom. The molecule has 0 radical (unpaired) electrons. The Morgan fingerprint density at radius 2 is 1.52 bits per heavy atom. The van der Waals surface area contributed by atoms with Crippen LogP contribution in [0.2, 0.25) is 5.02 Å². The van der Waals surface area contributed by atoms with Gasteiger partial charge >= 0.3 is 0 Å². The van der Waals surface area contributed by atoms with Gasteiger partial charge in [0, 0.05) is 17.2 Å². The largest absolute Gasteiger partial charge is 0.495 e. The minimum atomic E-state index is -0.316. The van der Waals surface area contributed by atoms with Crippen molar-refractivity contribution in [1.29, 1.82) is 0 Å². The van der Waals surface area contributed by atoms with Gasteiger partial charge in [0.05, 0.1) is 34.1 Å². The maximum atomic E-state index is 12.3. The molecule has 144 valence electrons. The first-order valence-corrected chi connectivity index (χ1v) is 8.44. The van der Waals surface area contributed by atoms with Gasteiger partial charge < -0.3 is 24.3 Å². The van der Waals surface area contributed by atoms with Crippen LogP contribution in [-0.4, -0.2) is 34.3 Å². The van der Waals surface area contributed by atoms with E-state index in [1.165, 1.54) is 34.5 Å². The predicted molar refractivity (Wildman–Crippen MR) is 107 cm³/mol. The van der Waals surface area contributed by atoms with E-state index < -0.39 is 0 Å². The van der Waals surface area contributed by atoms with Gasteiger partial charge in [0.25, 0.3) is 0 Å². The smallest absolute Gasteiger partial charge is 0.248 e. The number of ether oxygens (including phenoxy) is 4. The molecule has 1 amide bonds. The van der Waals surface area contributed by atoms with E-state index in [-0.39, 0.29) is 5.91 Å². The van der Waals surface area contributed by atoms with Gasteiger partial charge in [-0.15, -0.1) is 0 Å².